The molecule has 0 saturated heterocycles. The lowest BCUT2D eigenvalue weighted by molar-refractivity contribution is 0.104. The third-order valence-electron chi connectivity index (χ3n) is 2.65. The fraction of sp³-hybridized carbons (Fsp3) is 0.538. The lowest BCUT2D eigenvalue weighted by atomic mass is 10.2. The Morgan fingerprint density at radius 2 is 2.06 bits per heavy atom. The first-order chi connectivity index (χ1) is 8.52. The van der Waals surface area contributed by atoms with Crippen LogP contribution < -0.4 is 10.1 Å². The van der Waals surface area contributed by atoms with E-state index in [-0.39, 0.29) is 6.61 Å². The number of aliphatic hydroxyl groups excluding tert-OH is 1. The zero-order chi connectivity index (χ0) is 13.5. The minimum atomic E-state index is -0.548. The molecular weight excluding hydrogens is 273 g/mol. The fourth-order valence-electron chi connectivity index (χ4n) is 1.30. The van der Waals surface area contributed by atoms with Crippen molar-refractivity contribution in [2.75, 3.05) is 13.2 Å². The highest BCUT2D eigenvalue weighted by atomic mass is 35.5. The predicted molar refractivity (Wildman–Crippen MR) is 75.7 cm³/mol. The summed E-state index contributed by atoms with van der Waals surface area (Å²) in [6, 6.07) is 5.43. The van der Waals surface area contributed by atoms with Gasteiger partial charge in [0.1, 0.15) is 18.5 Å². The highest BCUT2D eigenvalue weighted by Gasteiger charge is 2.07. The van der Waals surface area contributed by atoms with E-state index >= 15 is 0 Å². The van der Waals surface area contributed by atoms with Gasteiger partial charge in [0, 0.05) is 18.7 Å². The molecule has 102 valence electrons. The molecule has 1 aromatic rings. The van der Waals surface area contributed by atoms with Crippen molar-refractivity contribution in [1.29, 1.82) is 0 Å². The fourth-order valence-corrected chi connectivity index (χ4v) is 1.59. The lowest BCUT2D eigenvalue weighted by Gasteiger charge is -2.16. The van der Waals surface area contributed by atoms with Crippen molar-refractivity contribution in [2.24, 2.45) is 0 Å². The molecule has 0 aromatic heterocycles. The molecule has 1 rings (SSSR count). The topological polar surface area (TPSA) is 41.5 Å². The van der Waals surface area contributed by atoms with Crippen molar-refractivity contribution < 1.29 is 9.84 Å². The zero-order valence-electron chi connectivity index (χ0n) is 10.6. The Balaban J connectivity index is 2.33. The third-order valence-corrected chi connectivity index (χ3v) is 3.39. The second kappa shape index (κ2) is 7.85. The first-order valence-electron chi connectivity index (χ1n) is 6.02. The van der Waals surface area contributed by atoms with Crippen LogP contribution in [0, 0.1) is 0 Å². The van der Waals surface area contributed by atoms with Crippen LogP contribution in [0.25, 0.3) is 0 Å². The van der Waals surface area contributed by atoms with Crippen molar-refractivity contribution in [2.45, 2.75) is 32.4 Å². The van der Waals surface area contributed by atoms with Crippen molar-refractivity contribution in [3.05, 3.63) is 28.2 Å². The van der Waals surface area contributed by atoms with Crippen LogP contribution >= 0.6 is 23.2 Å². The van der Waals surface area contributed by atoms with Gasteiger partial charge in [-0.25, -0.2) is 0 Å². The van der Waals surface area contributed by atoms with Crippen LogP contribution in [-0.2, 0) is 0 Å². The average molecular weight is 292 g/mol. The molecule has 0 bridgehead atoms. The monoisotopic (exact) mass is 291 g/mol. The summed E-state index contributed by atoms with van der Waals surface area (Å²) in [5.74, 6) is 0.604. The molecule has 5 heteroatoms. The summed E-state index contributed by atoms with van der Waals surface area (Å²) in [5, 5.41) is 13.9. The number of aliphatic hydroxyl groups is 1. The Kier molecular flexibility index (Phi) is 6.79. The molecule has 0 fully saturated rings. The molecule has 0 spiro atoms. The SMILES string of the molecule is CCC(C)NCC(O)COc1ccc(Cl)c(Cl)c1. The normalized spacial score (nSPS) is 14.3. The molecule has 0 aliphatic rings. The third kappa shape index (κ3) is 5.44. The van der Waals surface area contributed by atoms with Crippen LogP contribution in [0.1, 0.15) is 20.3 Å². The highest BCUT2D eigenvalue weighted by Crippen LogP contribution is 2.26. The predicted octanol–water partition coefficient (Wildman–Crippen LogP) is 3.12. The van der Waals surface area contributed by atoms with Crippen molar-refractivity contribution in [3.8, 4) is 5.75 Å². The van der Waals surface area contributed by atoms with E-state index in [9.17, 15) is 5.11 Å². The van der Waals surface area contributed by atoms with Gasteiger partial charge in [0.15, 0.2) is 0 Å². The van der Waals surface area contributed by atoms with E-state index in [1.807, 2.05) is 0 Å². The molecule has 2 unspecified atom stereocenters. The van der Waals surface area contributed by atoms with Gasteiger partial charge < -0.3 is 15.2 Å². The minimum Gasteiger partial charge on any atom is -0.491 e. The summed E-state index contributed by atoms with van der Waals surface area (Å²) in [6.07, 6.45) is 0.480. The van der Waals surface area contributed by atoms with E-state index in [0.717, 1.165) is 6.42 Å². The smallest absolute Gasteiger partial charge is 0.121 e. The molecule has 3 nitrogen and oxygen atoms in total. The van der Waals surface area contributed by atoms with Gasteiger partial charge >= 0.3 is 0 Å². The van der Waals surface area contributed by atoms with Crippen LogP contribution in [0.3, 0.4) is 0 Å². The first kappa shape index (κ1) is 15.6. The van der Waals surface area contributed by atoms with E-state index < -0.39 is 6.10 Å². The standard InChI is InChI=1S/C13H19Cl2NO2/c1-3-9(2)16-7-10(17)8-18-11-4-5-12(14)13(15)6-11/h4-6,9-10,16-17H,3,7-8H2,1-2H3. The van der Waals surface area contributed by atoms with Crippen molar-refractivity contribution >= 4 is 23.2 Å². The number of halogens is 2. The van der Waals surface area contributed by atoms with E-state index in [0.29, 0.717) is 28.4 Å². The second-order valence-corrected chi connectivity index (χ2v) is 5.07. The van der Waals surface area contributed by atoms with Gasteiger partial charge in [-0.15, -0.1) is 0 Å². The quantitative estimate of drug-likeness (QED) is 0.811. The number of rotatable bonds is 7. The Bertz CT molecular complexity index is 374. The van der Waals surface area contributed by atoms with E-state index in [1.165, 1.54) is 0 Å². The number of benzene rings is 1. The number of nitrogens with one attached hydrogen (secondary N) is 1. The van der Waals surface area contributed by atoms with Crippen LogP contribution in [-0.4, -0.2) is 30.4 Å². The largest absolute Gasteiger partial charge is 0.491 e. The molecule has 2 N–H and O–H groups in total. The Hall–Kier alpha value is -0.480. The molecule has 0 amide bonds. The Morgan fingerprint density at radius 3 is 2.67 bits per heavy atom. The van der Waals surface area contributed by atoms with E-state index in [2.05, 4.69) is 19.2 Å². The van der Waals surface area contributed by atoms with Gasteiger partial charge in [0.05, 0.1) is 10.0 Å². The van der Waals surface area contributed by atoms with Crippen molar-refractivity contribution in [1.82, 2.24) is 5.32 Å². The van der Waals surface area contributed by atoms with Crippen molar-refractivity contribution in [3.63, 3.8) is 0 Å². The number of hydrogen-bond acceptors (Lipinski definition) is 3. The first-order valence-corrected chi connectivity index (χ1v) is 6.77. The van der Waals surface area contributed by atoms with Crippen LogP contribution in [0.2, 0.25) is 10.0 Å². The molecule has 0 aliphatic carbocycles. The van der Waals surface area contributed by atoms with Crippen LogP contribution in [0.15, 0.2) is 18.2 Å². The molecular formula is C13H19Cl2NO2. The summed E-state index contributed by atoms with van der Waals surface area (Å²) < 4.78 is 5.44. The highest BCUT2D eigenvalue weighted by molar-refractivity contribution is 6.42. The zero-order valence-corrected chi connectivity index (χ0v) is 12.1. The summed E-state index contributed by atoms with van der Waals surface area (Å²) in [4.78, 5) is 0. The van der Waals surface area contributed by atoms with Crippen LogP contribution in [0.5, 0.6) is 5.75 Å². The van der Waals surface area contributed by atoms with E-state index in [1.54, 1.807) is 18.2 Å². The molecule has 0 aliphatic heterocycles. The maximum absolute atomic E-state index is 9.73. The molecule has 2 atom stereocenters. The van der Waals surface area contributed by atoms with E-state index in [4.69, 9.17) is 27.9 Å². The summed E-state index contributed by atoms with van der Waals surface area (Å²) in [5.41, 5.74) is 0. The number of hydrogen-bond donors (Lipinski definition) is 2. The molecule has 1 aromatic carbocycles. The summed E-state index contributed by atoms with van der Waals surface area (Å²) >= 11 is 11.7. The molecule has 0 heterocycles. The minimum absolute atomic E-state index is 0.224. The molecule has 18 heavy (non-hydrogen) atoms. The van der Waals surface area contributed by atoms with Gasteiger partial charge in [-0.1, -0.05) is 30.1 Å². The number of ether oxygens (including phenoxy) is 1. The van der Waals surface area contributed by atoms with Gasteiger partial charge in [-0.2, -0.15) is 0 Å². The van der Waals surface area contributed by atoms with Crippen LogP contribution in [0.4, 0.5) is 0 Å². The van der Waals surface area contributed by atoms with Gasteiger partial charge in [0.2, 0.25) is 0 Å². The maximum atomic E-state index is 9.73. The lowest BCUT2D eigenvalue weighted by Crippen LogP contribution is -2.36. The second-order valence-electron chi connectivity index (χ2n) is 4.26. The Labute approximate surface area is 118 Å². The maximum Gasteiger partial charge on any atom is 0.121 e. The average Bonchev–Trinajstić information content (AvgIpc) is 2.37. The van der Waals surface area contributed by atoms with Gasteiger partial charge in [-0.3, -0.25) is 0 Å². The summed E-state index contributed by atoms with van der Waals surface area (Å²) in [6.45, 7) is 4.90. The van der Waals surface area contributed by atoms with Gasteiger partial charge in [0.25, 0.3) is 0 Å². The molecule has 0 radical (unpaired) electrons. The Morgan fingerprint density at radius 1 is 1.33 bits per heavy atom. The molecule has 0 saturated carbocycles. The van der Waals surface area contributed by atoms with Gasteiger partial charge in [-0.05, 0) is 25.5 Å². The summed E-state index contributed by atoms with van der Waals surface area (Å²) in [7, 11) is 0.